The van der Waals surface area contributed by atoms with Crippen LogP contribution in [0.1, 0.15) is 44.7 Å². The van der Waals surface area contributed by atoms with E-state index in [4.69, 9.17) is 5.73 Å². The molecule has 3 unspecified atom stereocenters. The van der Waals surface area contributed by atoms with Crippen LogP contribution in [-0.2, 0) is 10.0 Å². The molecule has 3 N–H and O–H groups in total. The van der Waals surface area contributed by atoms with Gasteiger partial charge in [0.2, 0.25) is 10.0 Å². The Morgan fingerprint density at radius 3 is 2.84 bits per heavy atom. The van der Waals surface area contributed by atoms with E-state index >= 15 is 0 Å². The van der Waals surface area contributed by atoms with Gasteiger partial charge in [-0.05, 0) is 43.4 Å². The van der Waals surface area contributed by atoms with Crippen LogP contribution in [0.25, 0.3) is 0 Å². The Morgan fingerprint density at radius 2 is 2.21 bits per heavy atom. The van der Waals surface area contributed by atoms with E-state index in [9.17, 15) is 8.42 Å². The minimum atomic E-state index is -3.41. The topological polar surface area (TPSA) is 72.2 Å². The zero-order valence-electron chi connectivity index (χ0n) is 11.5. The SMILES string of the molecule is CCCC1CC1NS(=O)(=O)c1cccc(C(C)N)c1. The van der Waals surface area contributed by atoms with Gasteiger partial charge in [0.1, 0.15) is 0 Å². The summed E-state index contributed by atoms with van der Waals surface area (Å²) in [5, 5.41) is 0. The van der Waals surface area contributed by atoms with E-state index in [2.05, 4.69) is 11.6 Å². The summed E-state index contributed by atoms with van der Waals surface area (Å²) in [4.78, 5) is 0.310. The monoisotopic (exact) mass is 282 g/mol. The molecule has 1 saturated carbocycles. The molecule has 1 aliphatic carbocycles. The molecule has 0 bridgehead atoms. The molecule has 0 amide bonds. The van der Waals surface area contributed by atoms with Crippen LogP contribution in [0, 0.1) is 5.92 Å². The summed E-state index contributed by atoms with van der Waals surface area (Å²) < 4.78 is 27.3. The van der Waals surface area contributed by atoms with Crippen LogP contribution in [0.5, 0.6) is 0 Å². The van der Waals surface area contributed by atoms with Crippen molar-refractivity contribution in [2.45, 2.75) is 50.1 Å². The number of hydrogen-bond acceptors (Lipinski definition) is 3. The van der Waals surface area contributed by atoms with Crippen LogP contribution in [0.2, 0.25) is 0 Å². The van der Waals surface area contributed by atoms with Crippen LogP contribution in [0.3, 0.4) is 0 Å². The lowest BCUT2D eigenvalue weighted by molar-refractivity contribution is 0.573. The molecule has 0 saturated heterocycles. The maximum absolute atomic E-state index is 12.3. The third-order valence-corrected chi connectivity index (χ3v) is 5.07. The van der Waals surface area contributed by atoms with E-state index in [0.717, 1.165) is 24.8 Å². The molecule has 0 radical (unpaired) electrons. The maximum Gasteiger partial charge on any atom is 0.240 e. The highest BCUT2D eigenvalue weighted by atomic mass is 32.2. The largest absolute Gasteiger partial charge is 0.324 e. The molecule has 4 nitrogen and oxygen atoms in total. The summed E-state index contributed by atoms with van der Waals surface area (Å²) in [5.74, 6) is 0.511. The zero-order valence-corrected chi connectivity index (χ0v) is 12.3. The predicted molar refractivity (Wildman–Crippen MR) is 76.2 cm³/mol. The first-order valence-electron chi connectivity index (χ1n) is 6.82. The van der Waals surface area contributed by atoms with Gasteiger partial charge in [0, 0.05) is 12.1 Å². The molecule has 0 heterocycles. The van der Waals surface area contributed by atoms with Gasteiger partial charge in [0.15, 0.2) is 0 Å². The van der Waals surface area contributed by atoms with Gasteiger partial charge < -0.3 is 5.73 Å². The molecule has 19 heavy (non-hydrogen) atoms. The van der Waals surface area contributed by atoms with Gasteiger partial charge in [-0.2, -0.15) is 0 Å². The summed E-state index contributed by atoms with van der Waals surface area (Å²) >= 11 is 0. The molecular weight excluding hydrogens is 260 g/mol. The van der Waals surface area contributed by atoms with Gasteiger partial charge in [-0.15, -0.1) is 0 Å². The van der Waals surface area contributed by atoms with E-state index < -0.39 is 10.0 Å². The number of benzene rings is 1. The Labute approximate surface area is 115 Å². The van der Waals surface area contributed by atoms with Crippen molar-refractivity contribution < 1.29 is 8.42 Å². The highest BCUT2D eigenvalue weighted by Gasteiger charge is 2.39. The summed E-state index contributed by atoms with van der Waals surface area (Å²) in [6.45, 7) is 3.97. The predicted octanol–water partition coefficient (Wildman–Crippen LogP) is 2.17. The van der Waals surface area contributed by atoms with Gasteiger partial charge >= 0.3 is 0 Å². The Morgan fingerprint density at radius 1 is 1.47 bits per heavy atom. The molecule has 0 aromatic heterocycles. The minimum absolute atomic E-state index is 0.115. The first kappa shape index (κ1) is 14.5. The fourth-order valence-electron chi connectivity index (χ4n) is 2.31. The standard InChI is InChI=1S/C14H22N2O2S/c1-3-5-12-9-14(12)16-19(17,18)13-7-4-6-11(8-13)10(2)15/h4,6-8,10,12,14,16H,3,5,9,15H2,1-2H3. The fourth-order valence-corrected chi connectivity index (χ4v) is 3.69. The van der Waals surface area contributed by atoms with Crippen LogP contribution >= 0.6 is 0 Å². The number of rotatable bonds is 6. The van der Waals surface area contributed by atoms with E-state index in [1.807, 2.05) is 13.0 Å². The molecule has 0 aliphatic heterocycles. The van der Waals surface area contributed by atoms with Crippen LogP contribution in [-0.4, -0.2) is 14.5 Å². The Kier molecular flexibility index (Phi) is 4.28. The van der Waals surface area contributed by atoms with Gasteiger partial charge in [-0.1, -0.05) is 25.5 Å². The zero-order chi connectivity index (χ0) is 14.0. The summed E-state index contributed by atoms with van der Waals surface area (Å²) in [6, 6.07) is 6.81. The maximum atomic E-state index is 12.3. The molecule has 1 aromatic rings. The third kappa shape index (κ3) is 3.55. The molecule has 1 aromatic carbocycles. The van der Waals surface area contributed by atoms with E-state index in [0.29, 0.717) is 10.8 Å². The van der Waals surface area contributed by atoms with Crippen molar-refractivity contribution in [2.75, 3.05) is 0 Å². The molecule has 2 rings (SSSR count). The molecule has 3 atom stereocenters. The number of sulfonamides is 1. The normalized spacial score (nSPS) is 24.2. The highest BCUT2D eigenvalue weighted by molar-refractivity contribution is 7.89. The molecule has 106 valence electrons. The number of hydrogen-bond donors (Lipinski definition) is 2. The van der Waals surface area contributed by atoms with E-state index in [1.54, 1.807) is 18.2 Å². The van der Waals surface area contributed by atoms with Crippen molar-refractivity contribution in [2.24, 2.45) is 11.7 Å². The van der Waals surface area contributed by atoms with Crippen molar-refractivity contribution in [1.82, 2.24) is 4.72 Å². The second-order valence-corrected chi connectivity index (χ2v) is 7.09. The molecule has 0 spiro atoms. The quantitative estimate of drug-likeness (QED) is 0.840. The second kappa shape index (κ2) is 5.61. The number of nitrogens with two attached hydrogens (primary N) is 1. The molecule has 1 fully saturated rings. The average Bonchev–Trinajstić information content (AvgIpc) is 3.07. The van der Waals surface area contributed by atoms with Gasteiger partial charge in [0.25, 0.3) is 0 Å². The third-order valence-electron chi connectivity index (χ3n) is 3.58. The van der Waals surface area contributed by atoms with E-state index in [1.165, 1.54) is 0 Å². The van der Waals surface area contributed by atoms with Gasteiger partial charge in [0.05, 0.1) is 4.90 Å². The lowest BCUT2D eigenvalue weighted by Gasteiger charge is -2.10. The van der Waals surface area contributed by atoms with Gasteiger partial charge in [-0.25, -0.2) is 13.1 Å². The van der Waals surface area contributed by atoms with Crippen LogP contribution in [0.4, 0.5) is 0 Å². The number of nitrogens with one attached hydrogen (secondary N) is 1. The minimum Gasteiger partial charge on any atom is -0.324 e. The van der Waals surface area contributed by atoms with Crippen molar-refractivity contribution in [3.05, 3.63) is 29.8 Å². The molecule has 1 aliphatic rings. The Balaban J connectivity index is 2.10. The van der Waals surface area contributed by atoms with Crippen molar-refractivity contribution in [3.8, 4) is 0 Å². The van der Waals surface area contributed by atoms with Crippen LogP contribution < -0.4 is 10.5 Å². The Bertz CT molecular complexity index is 540. The lowest BCUT2D eigenvalue weighted by Crippen LogP contribution is -2.27. The summed E-state index contributed by atoms with van der Waals surface area (Å²) in [5.41, 5.74) is 6.62. The first-order chi connectivity index (χ1) is 8.94. The lowest BCUT2D eigenvalue weighted by atomic mass is 10.1. The van der Waals surface area contributed by atoms with Crippen molar-refractivity contribution in [3.63, 3.8) is 0 Å². The fraction of sp³-hybridized carbons (Fsp3) is 0.571. The Hall–Kier alpha value is -0.910. The van der Waals surface area contributed by atoms with Crippen molar-refractivity contribution in [1.29, 1.82) is 0 Å². The second-order valence-electron chi connectivity index (χ2n) is 5.37. The first-order valence-corrected chi connectivity index (χ1v) is 8.30. The van der Waals surface area contributed by atoms with E-state index in [-0.39, 0.29) is 12.1 Å². The smallest absolute Gasteiger partial charge is 0.240 e. The van der Waals surface area contributed by atoms with Crippen LogP contribution in [0.15, 0.2) is 29.2 Å². The average molecular weight is 282 g/mol. The highest BCUT2D eigenvalue weighted by Crippen LogP contribution is 2.35. The molecule has 5 heteroatoms. The van der Waals surface area contributed by atoms with Gasteiger partial charge in [-0.3, -0.25) is 0 Å². The van der Waals surface area contributed by atoms with Crippen molar-refractivity contribution >= 4 is 10.0 Å². The summed E-state index contributed by atoms with van der Waals surface area (Å²) in [7, 11) is -3.41. The summed E-state index contributed by atoms with van der Waals surface area (Å²) in [6.07, 6.45) is 3.15. The molecular formula is C14H22N2O2S.